The standard InChI is InChI=1S/C22H24ClN3O6S/c1-13(14-5-7-19-18(9-14)26-21(27)12-32-19)25-22(28)15-4-6-17(23)20(10-15)33(29,30)24-11-16-3-2-8-31-16/h4-7,9-10,13,16,24H,2-3,8,11-12H2,1H3,(H,25,28)(H,26,27)/t13-,16-/m0/s1. The maximum atomic E-state index is 12.8. The Bertz CT molecular complexity index is 1180. The van der Waals surface area contributed by atoms with Crippen LogP contribution >= 0.6 is 11.6 Å². The van der Waals surface area contributed by atoms with E-state index >= 15 is 0 Å². The molecule has 0 bridgehead atoms. The van der Waals surface area contributed by atoms with Crippen LogP contribution in [-0.4, -0.2) is 46.1 Å². The molecule has 11 heteroatoms. The number of sulfonamides is 1. The molecule has 0 aromatic heterocycles. The molecule has 2 atom stereocenters. The lowest BCUT2D eigenvalue weighted by molar-refractivity contribution is -0.118. The molecule has 176 valence electrons. The summed E-state index contributed by atoms with van der Waals surface area (Å²) < 4.78 is 38.8. The molecular formula is C22H24ClN3O6S. The van der Waals surface area contributed by atoms with Gasteiger partial charge in [-0.05, 0) is 55.7 Å². The average Bonchev–Trinajstić information content (AvgIpc) is 3.31. The summed E-state index contributed by atoms with van der Waals surface area (Å²) in [5.74, 6) is -0.160. The molecule has 0 radical (unpaired) electrons. The second-order valence-corrected chi connectivity index (χ2v) is 10.1. The van der Waals surface area contributed by atoms with Gasteiger partial charge in [-0.2, -0.15) is 0 Å². The summed E-state index contributed by atoms with van der Waals surface area (Å²) in [6.45, 7) is 2.50. The van der Waals surface area contributed by atoms with Crippen LogP contribution in [0.25, 0.3) is 0 Å². The third kappa shape index (κ3) is 5.47. The highest BCUT2D eigenvalue weighted by Crippen LogP contribution is 2.31. The third-order valence-corrected chi connectivity index (χ3v) is 7.40. The lowest BCUT2D eigenvalue weighted by atomic mass is 10.1. The van der Waals surface area contributed by atoms with Crippen molar-refractivity contribution in [3.8, 4) is 5.75 Å². The summed E-state index contributed by atoms with van der Waals surface area (Å²) >= 11 is 6.13. The molecule has 0 saturated carbocycles. The molecule has 2 aliphatic heterocycles. The average molecular weight is 494 g/mol. The van der Waals surface area contributed by atoms with Crippen LogP contribution in [0.4, 0.5) is 5.69 Å². The Morgan fingerprint density at radius 2 is 2.09 bits per heavy atom. The minimum Gasteiger partial charge on any atom is -0.482 e. The summed E-state index contributed by atoms with van der Waals surface area (Å²) in [7, 11) is -3.93. The second-order valence-electron chi connectivity index (χ2n) is 7.92. The number of amides is 2. The zero-order chi connectivity index (χ0) is 23.6. The summed E-state index contributed by atoms with van der Waals surface area (Å²) in [5, 5.41) is 5.58. The fraction of sp³-hybridized carbons (Fsp3) is 0.364. The number of carbonyl (C=O) groups excluding carboxylic acids is 2. The van der Waals surface area contributed by atoms with Crippen LogP contribution in [0.3, 0.4) is 0 Å². The van der Waals surface area contributed by atoms with Crippen molar-refractivity contribution >= 4 is 39.1 Å². The highest BCUT2D eigenvalue weighted by Gasteiger charge is 2.24. The minimum absolute atomic E-state index is 0.0184. The normalized spacial score (nSPS) is 18.7. The maximum Gasteiger partial charge on any atom is 0.262 e. The van der Waals surface area contributed by atoms with Gasteiger partial charge in [0.25, 0.3) is 11.8 Å². The number of halogens is 1. The van der Waals surface area contributed by atoms with Gasteiger partial charge in [0.05, 0.1) is 22.9 Å². The predicted molar refractivity (Wildman–Crippen MR) is 122 cm³/mol. The topological polar surface area (TPSA) is 123 Å². The van der Waals surface area contributed by atoms with Crippen molar-refractivity contribution in [2.45, 2.75) is 36.8 Å². The Balaban J connectivity index is 1.47. The molecule has 2 aromatic carbocycles. The van der Waals surface area contributed by atoms with E-state index in [9.17, 15) is 18.0 Å². The van der Waals surface area contributed by atoms with Crippen molar-refractivity contribution in [1.29, 1.82) is 0 Å². The number of anilines is 1. The van der Waals surface area contributed by atoms with E-state index in [1.807, 2.05) is 0 Å². The Morgan fingerprint density at radius 3 is 2.85 bits per heavy atom. The highest BCUT2D eigenvalue weighted by molar-refractivity contribution is 7.89. The van der Waals surface area contributed by atoms with Gasteiger partial charge in [-0.1, -0.05) is 17.7 Å². The van der Waals surface area contributed by atoms with E-state index in [2.05, 4.69) is 15.4 Å². The number of fused-ring (bicyclic) bond motifs is 1. The van der Waals surface area contributed by atoms with Gasteiger partial charge in [0.2, 0.25) is 10.0 Å². The van der Waals surface area contributed by atoms with E-state index in [-0.39, 0.29) is 40.6 Å². The first-order valence-electron chi connectivity index (χ1n) is 10.5. The molecule has 1 fully saturated rings. The zero-order valence-corrected chi connectivity index (χ0v) is 19.5. The van der Waals surface area contributed by atoms with Gasteiger partial charge in [-0.3, -0.25) is 9.59 Å². The molecule has 0 spiro atoms. The SMILES string of the molecule is C[C@H](NC(=O)c1ccc(Cl)c(S(=O)(=O)NC[C@@H]2CCCO2)c1)c1ccc2c(c1)NC(=O)CO2. The van der Waals surface area contributed by atoms with Crippen LogP contribution in [0, 0.1) is 0 Å². The molecule has 2 aromatic rings. The number of rotatable bonds is 7. The Hall–Kier alpha value is -2.66. The third-order valence-electron chi connectivity index (χ3n) is 5.49. The van der Waals surface area contributed by atoms with E-state index in [0.717, 1.165) is 18.4 Å². The Morgan fingerprint density at radius 1 is 1.27 bits per heavy atom. The van der Waals surface area contributed by atoms with Crippen molar-refractivity contribution in [2.24, 2.45) is 0 Å². The van der Waals surface area contributed by atoms with E-state index < -0.39 is 22.0 Å². The number of ether oxygens (including phenoxy) is 2. The lowest BCUT2D eigenvalue weighted by Crippen LogP contribution is -2.32. The van der Waals surface area contributed by atoms with Crippen LogP contribution < -0.4 is 20.1 Å². The van der Waals surface area contributed by atoms with Gasteiger partial charge < -0.3 is 20.1 Å². The molecule has 0 unspecified atom stereocenters. The van der Waals surface area contributed by atoms with E-state index in [4.69, 9.17) is 21.1 Å². The van der Waals surface area contributed by atoms with Crippen molar-refractivity contribution in [3.05, 3.63) is 52.5 Å². The molecule has 0 aliphatic carbocycles. The number of hydrogen-bond acceptors (Lipinski definition) is 6. The van der Waals surface area contributed by atoms with Crippen molar-refractivity contribution in [1.82, 2.24) is 10.0 Å². The fourth-order valence-electron chi connectivity index (χ4n) is 3.67. The van der Waals surface area contributed by atoms with Gasteiger partial charge in [0.15, 0.2) is 6.61 Å². The van der Waals surface area contributed by atoms with Crippen molar-refractivity contribution in [2.75, 3.05) is 25.1 Å². The first kappa shape index (κ1) is 23.5. The van der Waals surface area contributed by atoms with Gasteiger partial charge in [0, 0.05) is 18.7 Å². The molecule has 3 N–H and O–H groups in total. The molecule has 2 amide bonds. The largest absolute Gasteiger partial charge is 0.482 e. The molecule has 2 heterocycles. The van der Waals surface area contributed by atoms with Gasteiger partial charge in [-0.15, -0.1) is 0 Å². The Labute approximate surface area is 196 Å². The number of nitrogens with one attached hydrogen (secondary N) is 3. The van der Waals surface area contributed by atoms with E-state index in [0.29, 0.717) is 18.0 Å². The van der Waals surface area contributed by atoms with Crippen molar-refractivity contribution in [3.63, 3.8) is 0 Å². The Kier molecular flexibility index (Phi) is 6.89. The fourth-order valence-corrected chi connectivity index (χ4v) is 5.26. The molecule has 1 saturated heterocycles. The highest BCUT2D eigenvalue weighted by atomic mass is 35.5. The van der Waals surface area contributed by atoms with Crippen LogP contribution in [0.15, 0.2) is 41.3 Å². The molecule has 9 nitrogen and oxygen atoms in total. The lowest BCUT2D eigenvalue weighted by Gasteiger charge is -2.21. The number of carbonyl (C=O) groups is 2. The van der Waals surface area contributed by atoms with Gasteiger partial charge in [0.1, 0.15) is 10.6 Å². The summed E-state index contributed by atoms with van der Waals surface area (Å²) in [5.41, 5.74) is 1.42. The summed E-state index contributed by atoms with van der Waals surface area (Å²) in [6.07, 6.45) is 1.51. The van der Waals surface area contributed by atoms with E-state index in [1.165, 1.54) is 18.2 Å². The number of hydrogen-bond donors (Lipinski definition) is 3. The van der Waals surface area contributed by atoms with Gasteiger partial charge >= 0.3 is 0 Å². The summed E-state index contributed by atoms with van der Waals surface area (Å²) in [4.78, 5) is 24.2. The molecule has 4 rings (SSSR count). The molecular weight excluding hydrogens is 470 g/mol. The van der Waals surface area contributed by atoms with Crippen molar-refractivity contribution < 1.29 is 27.5 Å². The van der Waals surface area contributed by atoms with Crippen LogP contribution in [-0.2, 0) is 19.6 Å². The van der Waals surface area contributed by atoms with E-state index in [1.54, 1.807) is 25.1 Å². The molecule has 2 aliphatic rings. The van der Waals surface area contributed by atoms with Crippen LogP contribution in [0.1, 0.15) is 41.7 Å². The zero-order valence-electron chi connectivity index (χ0n) is 17.9. The smallest absolute Gasteiger partial charge is 0.262 e. The van der Waals surface area contributed by atoms with Crippen LogP contribution in [0.2, 0.25) is 5.02 Å². The maximum absolute atomic E-state index is 12.8. The summed E-state index contributed by atoms with van der Waals surface area (Å²) in [6, 6.07) is 8.91. The first-order chi connectivity index (χ1) is 15.7. The molecule has 33 heavy (non-hydrogen) atoms. The second kappa shape index (κ2) is 9.68. The first-order valence-corrected chi connectivity index (χ1v) is 12.4. The monoisotopic (exact) mass is 493 g/mol. The van der Waals surface area contributed by atoms with Crippen LogP contribution in [0.5, 0.6) is 5.75 Å². The minimum atomic E-state index is -3.93. The number of benzene rings is 2. The van der Waals surface area contributed by atoms with Gasteiger partial charge in [-0.25, -0.2) is 13.1 Å². The quantitative estimate of drug-likeness (QED) is 0.545. The predicted octanol–water partition coefficient (Wildman–Crippen LogP) is 2.62.